The zero-order chi connectivity index (χ0) is 12.3. The molecule has 0 radical (unpaired) electrons. The van der Waals surface area contributed by atoms with Crippen LogP contribution >= 0.6 is 46.1 Å². The van der Waals surface area contributed by atoms with Crippen LogP contribution in [0.3, 0.4) is 0 Å². The number of hydrogen-bond acceptors (Lipinski definition) is 2. The molecule has 0 spiro atoms. The van der Waals surface area contributed by atoms with Gasteiger partial charge in [-0.1, -0.05) is 30.1 Å². The monoisotopic (exact) mass is 299 g/mol. The molecule has 0 fully saturated rings. The smallest absolute Gasteiger partial charge is 0.254 e. The van der Waals surface area contributed by atoms with Gasteiger partial charge in [0, 0.05) is 5.88 Å². The molecular weight excluding hydrogens is 289 g/mol. The molecule has 1 aromatic rings. The van der Waals surface area contributed by atoms with Gasteiger partial charge in [0.25, 0.3) is 5.91 Å². The summed E-state index contributed by atoms with van der Waals surface area (Å²) in [5.41, 5.74) is -0.0161. The van der Waals surface area contributed by atoms with E-state index in [9.17, 15) is 4.79 Å². The van der Waals surface area contributed by atoms with Gasteiger partial charge in [-0.25, -0.2) is 0 Å². The molecule has 0 aliphatic rings. The van der Waals surface area contributed by atoms with Crippen molar-refractivity contribution >= 4 is 52.0 Å². The third-order valence-electron chi connectivity index (χ3n) is 2.39. The van der Waals surface area contributed by atoms with Crippen molar-refractivity contribution in [2.24, 2.45) is 0 Å². The second-order valence-electron chi connectivity index (χ2n) is 3.74. The first-order chi connectivity index (χ1) is 7.41. The summed E-state index contributed by atoms with van der Waals surface area (Å²) in [6, 6.07) is 1.56. The fourth-order valence-electron chi connectivity index (χ4n) is 1.05. The third kappa shape index (κ3) is 3.27. The Bertz CT molecular complexity index is 387. The zero-order valence-corrected chi connectivity index (χ0v) is 12.0. The molecule has 6 heteroatoms. The minimum Gasteiger partial charge on any atom is -0.346 e. The Morgan fingerprint density at radius 3 is 2.56 bits per heavy atom. The predicted molar refractivity (Wildman–Crippen MR) is 71.2 cm³/mol. The molecule has 0 aromatic carbocycles. The van der Waals surface area contributed by atoms with E-state index in [0.29, 0.717) is 20.1 Å². The zero-order valence-electron chi connectivity index (χ0n) is 8.94. The predicted octanol–water partition coefficient (Wildman–Crippen LogP) is 4.19. The Morgan fingerprint density at radius 2 is 2.19 bits per heavy atom. The SMILES string of the molecule is CCC(C)(CCl)NC(=O)c1cc(Cl)sc1Cl. The summed E-state index contributed by atoms with van der Waals surface area (Å²) in [4.78, 5) is 11.9. The highest BCUT2D eigenvalue weighted by molar-refractivity contribution is 7.20. The molecular formula is C10H12Cl3NOS. The average molecular weight is 301 g/mol. The lowest BCUT2D eigenvalue weighted by Crippen LogP contribution is -2.47. The van der Waals surface area contributed by atoms with E-state index < -0.39 is 5.54 Å². The first kappa shape index (κ1) is 14.1. The number of nitrogens with one attached hydrogen (secondary N) is 1. The number of amides is 1. The van der Waals surface area contributed by atoms with E-state index in [4.69, 9.17) is 34.8 Å². The number of rotatable bonds is 4. The van der Waals surface area contributed by atoms with E-state index in [-0.39, 0.29) is 5.91 Å². The third-order valence-corrected chi connectivity index (χ3v) is 4.47. The van der Waals surface area contributed by atoms with Gasteiger partial charge in [-0.05, 0) is 19.4 Å². The first-order valence-electron chi connectivity index (χ1n) is 4.75. The Morgan fingerprint density at radius 1 is 1.56 bits per heavy atom. The number of carbonyl (C=O) groups excluding carboxylic acids is 1. The second-order valence-corrected chi connectivity index (χ2v) is 6.29. The minimum absolute atomic E-state index is 0.238. The van der Waals surface area contributed by atoms with Crippen molar-refractivity contribution < 1.29 is 4.79 Å². The normalized spacial score (nSPS) is 14.6. The summed E-state index contributed by atoms with van der Waals surface area (Å²) in [5, 5.41) is 2.86. The number of carbonyl (C=O) groups is 1. The maximum Gasteiger partial charge on any atom is 0.254 e. The Balaban J connectivity index is 2.84. The number of hydrogen-bond donors (Lipinski definition) is 1. The minimum atomic E-state index is -0.420. The summed E-state index contributed by atoms with van der Waals surface area (Å²) < 4.78 is 0.898. The average Bonchev–Trinajstić information content (AvgIpc) is 2.57. The lowest BCUT2D eigenvalue weighted by atomic mass is 10.0. The number of thiophene rings is 1. The van der Waals surface area contributed by atoms with Crippen LogP contribution in [0.2, 0.25) is 8.67 Å². The molecule has 1 N–H and O–H groups in total. The first-order valence-corrected chi connectivity index (χ1v) is 6.86. The second kappa shape index (κ2) is 5.58. The lowest BCUT2D eigenvalue weighted by molar-refractivity contribution is 0.0913. The molecule has 0 aliphatic carbocycles. The van der Waals surface area contributed by atoms with E-state index >= 15 is 0 Å². The summed E-state index contributed by atoms with van der Waals surface area (Å²) in [5.74, 6) is 0.114. The quantitative estimate of drug-likeness (QED) is 0.830. The highest BCUT2D eigenvalue weighted by Crippen LogP contribution is 2.31. The van der Waals surface area contributed by atoms with Crippen molar-refractivity contribution in [1.29, 1.82) is 0 Å². The van der Waals surface area contributed by atoms with Crippen LogP contribution in [0.4, 0.5) is 0 Å². The van der Waals surface area contributed by atoms with Crippen molar-refractivity contribution in [3.8, 4) is 0 Å². The van der Waals surface area contributed by atoms with Gasteiger partial charge in [0.05, 0.1) is 15.4 Å². The van der Waals surface area contributed by atoms with Gasteiger partial charge in [0.1, 0.15) is 4.34 Å². The highest BCUT2D eigenvalue weighted by Gasteiger charge is 2.25. The Hall–Kier alpha value is 0.0400. The molecule has 0 aliphatic heterocycles. The molecule has 0 saturated heterocycles. The summed E-state index contributed by atoms with van der Waals surface area (Å²) in [6.07, 6.45) is 0.748. The van der Waals surface area contributed by atoms with E-state index in [1.807, 2.05) is 13.8 Å². The summed E-state index contributed by atoms with van der Waals surface area (Å²) in [6.45, 7) is 3.85. The highest BCUT2D eigenvalue weighted by atomic mass is 35.5. The van der Waals surface area contributed by atoms with E-state index in [1.54, 1.807) is 6.07 Å². The standard InChI is InChI=1S/C10H12Cl3NOS/c1-3-10(2,5-11)14-9(15)6-4-7(12)16-8(6)13/h4H,3,5H2,1-2H3,(H,14,15). The van der Waals surface area contributed by atoms with Crippen LogP contribution < -0.4 is 5.32 Å². The van der Waals surface area contributed by atoms with Crippen LogP contribution in [0.1, 0.15) is 30.6 Å². The van der Waals surface area contributed by atoms with E-state index in [0.717, 1.165) is 6.42 Å². The van der Waals surface area contributed by atoms with Crippen molar-refractivity contribution in [3.63, 3.8) is 0 Å². The fraction of sp³-hybridized carbons (Fsp3) is 0.500. The van der Waals surface area contributed by atoms with Gasteiger partial charge in [-0.2, -0.15) is 0 Å². The molecule has 2 nitrogen and oxygen atoms in total. The van der Waals surface area contributed by atoms with Crippen molar-refractivity contribution in [3.05, 3.63) is 20.3 Å². The summed E-state index contributed by atoms with van der Waals surface area (Å²) >= 11 is 18.7. The molecule has 1 heterocycles. The summed E-state index contributed by atoms with van der Waals surface area (Å²) in [7, 11) is 0. The van der Waals surface area contributed by atoms with E-state index in [2.05, 4.69) is 5.32 Å². The van der Waals surface area contributed by atoms with E-state index in [1.165, 1.54) is 11.3 Å². The van der Waals surface area contributed by atoms with Gasteiger partial charge in [-0.15, -0.1) is 22.9 Å². The number of alkyl halides is 1. The molecule has 1 amide bonds. The fourth-order valence-corrected chi connectivity index (χ4v) is 2.77. The Kier molecular flexibility index (Phi) is 4.92. The van der Waals surface area contributed by atoms with Crippen LogP contribution in [0.15, 0.2) is 6.07 Å². The van der Waals surface area contributed by atoms with Gasteiger partial charge >= 0.3 is 0 Å². The van der Waals surface area contributed by atoms with Crippen molar-refractivity contribution in [1.82, 2.24) is 5.32 Å². The van der Waals surface area contributed by atoms with Crippen LogP contribution in [0, 0.1) is 0 Å². The molecule has 1 aromatic heterocycles. The lowest BCUT2D eigenvalue weighted by Gasteiger charge is -2.26. The van der Waals surface area contributed by atoms with Crippen LogP contribution in [-0.4, -0.2) is 17.3 Å². The largest absolute Gasteiger partial charge is 0.346 e. The van der Waals surface area contributed by atoms with Crippen LogP contribution in [0.25, 0.3) is 0 Å². The molecule has 0 saturated carbocycles. The van der Waals surface area contributed by atoms with Crippen LogP contribution in [-0.2, 0) is 0 Å². The molecule has 90 valence electrons. The van der Waals surface area contributed by atoms with Crippen LogP contribution in [0.5, 0.6) is 0 Å². The maximum absolute atomic E-state index is 11.9. The molecule has 0 bridgehead atoms. The van der Waals surface area contributed by atoms with Gasteiger partial charge in [0.2, 0.25) is 0 Å². The van der Waals surface area contributed by atoms with Crippen molar-refractivity contribution in [2.45, 2.75) is 25.8 Å². The number of halogens is 3. The van der Waals surface area contributed by atoms with Gasteiger partial charge < -0.3 is 5.32 Å². The Labute approximate surface area is 114 Å². The topological polar surface area (TPSA) is 29.1 Å². The molecule has 1 unspecified atom stereocenters. The van der Waals surface area contributed by atoms with Crippen molar-refractivity contribution in [2.75, 3.05) is 5.88 Å². The molecule has 1 atom stereocenters. The molecule has 1 rings (SSSR count). The van der Waals surface area contributed by atoms with Gasteiger partial charge in [0.15, 0.2) is 0 Å². The molecule has 16 heavy (non-hydrogen) atoms. The maximum atomic E-state index is 11.9. The van der Waals surface area contributed by atoms with Gasteiger partial charge in [-0.3, -0.25) is 4.79 Å².